The zero-order valence-electron chi connectivity index (χ0n) is 10.4. The van der Waals surface area contributed by atoms with E-state index in [1.54, 1.807) is 0 Å². The molecular formula is C16H19N. The fraction of sp³-hybridized carbons (Fsp3) is 0.312. The molecule has 0 heterocycles. The molecule has 0 fully saturated rings. The normalized spacial score (nSPS) is 11.6. The molecule has 0 spiro atoms. The van der Waals surface area contributed by atoms with E-state index in [9.17, 15) is 0 Å². The Bertz CT molecular complexity index is 407. The summed E-state index contributed by atoms with van der Waals surface area (Å²) in [4.78, 5) is 0. The minimum atomic E-state index is 0.866. The smallest absolute Gasteiger partial charge is 0.0947 e. The number of unbranched alkanes of at least 4 members (excludes halogenated alkanes) is 2. The van der Waals surface area contributed by atoms with Gasteiger partial charge in [0.1, 0.15) is 0 Å². The summed E-state index contributed by atoms with van der Waals surface area (Å²) in [5, 5.41) is 8.97. The van der Waals surface area contributed by atoms with E-state index in [4.69, 9.17) is 5.26 Å². The van der Waals surface area contributed by atoms with E-state index in [0.717, 1.165) is 24.0 Å². The van der Waals surface area contributed by atoms with Gasteiger partial charge >= 0.3 is 0 Å². The summed E-state index contributed by atoms with van der Waals surface area (Å²) in [7, 11) is 0. The molecule has 17 heavy (non-hydrogen) atoms. The third-order valence-corrected chi connectivity index (χ3v) is 2.58. The first kappa shape index (κ1) is 13.3. The Morgan fingerprint density at radius 3 is 2.65 bits per heavy atom. The molecule has 0 aliphatic carbocycles. The van der Waals surface area contributed by atoms with Crippen LogP contribution in [0.25, 0.3) is 6.08 Å². The van der Waals surface area contributed by atoms with Crippen LogP contribution in [0, 0.1) is 11.3 Å². The lowest BCUT2D eigenvalue weighted by Gasteiger charge is -1.96. The highest BCUT2D eigenvalue weighted by atomic mass is 14.2. The van der Waals surface area contributed by atoms with Crippen molar-refractivity contribution in [3.05, 3.63) is 53.6 Å². The summed E-state index contributed by atoms with van der Waals surface area (Å²) >= 11 is 0. The van der Waals surface area contributed by atoms with Crippen molar-refractivity contribution in [2.24, 2.45) is 0 Å². The number of nitrogens with zero attached hydrogens (tertiary/aromatic N) is 1. The second kappa shape index (κ2) is 8.35. The molecule has 0 unspecified atom stereocenters. The van der Waals surface area contributed by atoms with Crippen molar-refractivity contribution < 1.29 is 0 Å². The van der Waals surface area contributed by atoms with Crippen molar-refractivity contribution in [2.45, 2.75) is 32.6 Å². The molecule has 1 aromatic rings. The van der Waals surface area contributed by atoms with Gasteiger partial charge in [-0.1, -0.05) is 62.2 Å². The molecule has 0 atom stereocenters. The third kappa shape index (κ3) is 5.73. The van der Waals surface area contributed by atoms with Crippen LogP contribution >= 0.6 is 0 Å². The van der Waals surface area contributed by atoms with Crippen molar-refractivity contribution in [1.29, 1.82) is 5.26 Å². The van der Waals surface area contributed by atoms with Crippen LogP contribution in [0.4, 0.5) is 0 Å². The first-order chi connectivity index (χ1) is 8.36. The van der Waals surface area contributed by atoms with Crippen LogP contribution in [0.3, 0.4) is 0 Å². The van der Waals surface area contributed by atoms with Gasteiger partial charge in [-0.05, 0) is 24.5 Å². The second-order valence-electron chi connectivity index (χ2n) is 4.03. The Labute approximate surface area is 104 Å². The largest absolute Gasteiger partial charge is 0.193 e. The van der Waals surface area contributed by atoms with Gasteiger partial charge in [0.2, 0.25) is 0 Å². The lowest BCUT2D eigenvalue weighted by molar-refractivity contribution is 0.720. The quantitative estimate of drug-likeness (QED) is 0.390. The molecule has 0 aliphatic rings. The van der Waals surface area contributed by atoms with Crippen molar-refractivity contribution in [2.75, 3.05) is 0 Å². The fourth-order valence-electron chi connectivity index (χ4n) is 1.58. The number of hydrogen-bond acceptors (Lipinski definition) is 1. The van der Waals surface area contributed by atoms with E-state index in [2.05, 4.69) is 13.0 Å². The predicted octanol–water partition coefficient (Wildman–Crippen LogP) is 4.73. The number of nitriles is 1. The molecule has 0 radical (unpaired) electrons. The van der Waals surface area contributed by atoms with Crippen LogP contribution in [0.15, 0.2) is 48.1 Å². The maximum absolute atomic E-state index is 8.97. The van der Waals surface area contributed by atoms with E-state index in [1.165, 1.54) is 12.8 Å². The van der Waals surface area contributed by atoms with E-state index in [-0.39, 0.29) is 0 Å². The number of benzene rings is 1. The third-order valence-electron chi connectivity index (χ3n) is 2.58. The zero-order chi connectivity index (χ0) is 12.3. The average Bonchev–Trinajstić information content (AvgIpc) is 2.38. The first-order valence-corrected chi connectivity index (χ1v) is 6.19. The van der Waals surface area contributed by atoms with E-state index < -0.39 is 0 Å². The summed E-state index contributed by atoms with van der Waals surface area (Å²) in [6.45, 7) is 2.17. The van der Waals surface area contributed by atoms with E-state index in [0.29, 0.717) is 0 Å². The van der Waals surface area contributed by atoms with Crippen LogP contribution < -0.4 is 0 Å². The van der Waals surface area contributed by atoms with Crippen molar-refractivity contribution >= 4 is 6.08 Å². The van der Waals surface area contributed by atoms with Crippen molar-refractivity contribution in [3.8, 4) is 6.07 Å². The number of rotatable bonds is 6. The lowest BCUT2D eigenvalue weighted by atomic mass is 10.1. The molecule has 0 saturated carbocycles. The van der Waals surface area contributed by atoms with Crippen LogP contribution in [0.2, 0.25) is 0 Å². The van der Waals surface area contributed by atoms with E-state index in [1.807, 2.05) is 48.6 Å². The molecule has 1 heteroatoms. The average molecular weight is 225 g/mol. The van der Waals surface area contributed by atoms with Crippen LogP contribution in [-0.2, 0) is 0 Å². The van der Waals surface area contributed by atoms with Crippen LogP contribution in [0.5, 0.6) is 0 Å². The summed E-state index contributed by atoms with van der Waals surface area (Å²) < 4.78 is 0. The predicted molar refractivity (Wildman–Crippen MR) is 73.3 cm³/mol. The molecule has 1 aromatic carbocycles. The highest BCUT2D eigenvalue weighted by molar-refractivity contribution is 5.51. The SMILES string of the molecule is CCCCC/C(C#N)=C/C=C/c1ccccc1. The summed E-state index contributed by atoms with van der Waals surface area (Å²) in [5.74, 6) is 0. The van der Waals surface area contributed by atoms with Crippen LogP contribution in [-0.4, -0.2) is 0 Å². The summed E-state index contributed by atoms with van der Waals surface area (Å²) in [6, 6.07) is 12.4. The molecule has 1 nitrogen and oxygen atoms in total. The van der Waals surface area contributed by atoms with Gasteiger partial charge < -0.3 is 0 Å². The van der Waals surface area contributed by atoms with Gasteiger partial charge in [0.25, 0.3) is 0 Å². The monoisotopic (exact) mass is 225 g/mol. The molecule has 0 N–H and O–H groups in total. The zero-order valence-corrected chi connectivity index (χ0v) is 10.4. The van der Waals surface area contributed by atoms with Gasteiger partial charge in [-0.25, -0.2) is 0 Å². The van der Waals surface area contributed by atoms with Gasteiger partial charge in [0, 0.05) is 5.57 Å². The Hall–Kier alpha value is -1.81. The summed E-state index contributed by atoms with van der Waals surface area (Å²) in [5.41, 5.74) is 2.03. The van der Waals surface area contributed by atoms with Gasteiger partial charge in [-0.3, -0.25) is 0 Å². The number of allylic oxidation sites excluding steroid dienone is 3. The maximum atomic E-state index is 8.97. The van der Waals surface area contributed by atoms with Crippen LogP contribution in [0.1, 0.15) is 38.2 Å². The number of hydrogen-bond donors (Lipinski definition) is 0. The van der Waals surface area contributed by atoms with Crippen molar-refractivity contribution in [1.82, 2.24) is 0 Å². The van der Waals surface area contributed by atoms with Gasteiger partial charge in [-0.15, -0.1) is 0 Å². The topological polar surface area (TPSA) is 23.8 Å². The molecule has 1 rings (SSSR count). The minimum Gasteiger partial charge on any atom is -0.193 e. The Morgan fingerprint density at radius 2 is 2.00 bits per heavy atom. The molecule has 0 saturated heterocycles. The second-order valence-corrected chi connectivity index (χ2v) is 4.03. The Morgan fingerprint density at radius 1 is 1.24 bits per heavy atom. The minimum absolute atomic E-state index is 0.866. The molecule has 88 valence electrons. The van der Waals surface area contributed by atoms with E-state index >= 15 is 0 Å². The summed E-state index contributed by atoms with van der Waals surface area (Å²) in [6.07, 6.45) is 10.3. The molecule has 0 bridgehead atoms. The Balaban J connectivity index is 2.50. The lowest BCUT2D eigenvalue weighted by Crippen LogP contribution is -1.80. The molecule has 0 amide bonds. The molecule has 0 aliphatic heterocycles. The van der Waals surface area contributed by atoms with Gasteiger partial charge in [0.15, 0.2) is 0 Å². The Kier molecular flexibility index (Phi) is 6.51. The highest BCUT2D eigenvalue weighted by Gasteiger charge is 1.93. The molecular weight excluding hydrogens is 206 g/mol. The first-order valence-electron chi connectivity index (χ1n) is 6.19. The van der Waals surface area contributed by atoms with Crippen molar-refractivity contribution in [3.63, 3.8) is 0 Å². The fourth-order valence-corrected chi connectivity index (χ4v) is 1.58. The highest BCUT2D eigenvalue weighted by Crippen LogP contribution is 2.09. The van der Waals surface area contributed by atoms with Gasteiger partial charge in [0.05, 0.1) is 6.07 Å². The standard InChI is InChI=1S/C16H19N/c1-2-3-5-11-16(14-17)13-8-12-15-9-6-4-7-10-15/h4,6-10,12-13H,2-3,5,11H2,1H3/b12-8+,16-13-. The molecule has 0 aromatic heterocycles. The van der Waals surface area contributed by atoms with Gasteiger partial charge in [-0.2, -0.15) is 5.26 Å². The maximum Gasteiger partial charge on any atom is 0.0947 e.